The van der Waals surface area contributed by atoms with Crippen molar-refractivity contribution in [3.8, 4) is 5.75 Å². The van der Waals surface area contributed by atoms with E-state index in [9.17, 15) is 14.4 Å². The number of benzene rings is 1. The zero-order chi connectivity index (χ0) is 18.9. The molecule has 3 N–H and O–H groups in total. The van der Waals surface area contributed by atoms with Gasteiger partial charge >= 0.3 is 5.97 Å². The molecule has 2 rings (SSSR count). The molecule has 26 heavy (non-hydrogen) atoms. The third-order valence-electron chi connectivity index (χ3n) is 3.41. The van der Waals surface area contributed by atoms with Crippen molar-refractivity contribution in [3.05, 3.63) is 46.7 Å². The van der Waals surface area contributed by atoms with E-state index < -0.39 is 12.0 Å². The third kappa shape index (κ3) is 6.21. The van der Waals surface area contributed by atoms with Gasteiger partial charge in [0.25, 0.3) is 5.91 Å². The van der Waals surface area contributed by atoms with Crippen LogP contribution >= 0.6 is 11.3 Å². The summed E-state index contributed by atoms with van der Waals surface area (Å²) >= 11 is 1.31. The van der Waals surface area contributed by atoms with Crippen LogP contribution in [0.2, 0.25) is 0 Å². The number of thiophene rings is 1. The van der Waals surface area contributed by atoms with Crippen LogP contribution in [0.15, 0.2) is 41.8 Å². The molecule has 7 nitrogen and oxygen atoms in total. The molecular formula is C18H20N2O5S. The van der Waals surface area contributed by atoms with E-state index in [0.29, 0.717) is 29.3 Å². The van der Waals surface area contributed by atoms with Crippen LogP contribution < -0.4 is 15.4 Å². The lowest BCUT2D eigenvalue weighted by atomic mass is 10.2. The lowest BCUT2D eigenvalue weighted by molar-refractivity contribution is -0.137. The number of hydrogen-bond acceptors (Lipinski definition) is 5. The topological polar surface area (TPSA) is 105 Å². The van der Waals surface area contributed by atoms with Crippen molar-refractivity contribution in [1.29, 1.82) is 0 Å². The number of anilines is 1. The molecule has 0 bridgehead atoms. The smallest absolute Gasteiger partial charge is 0.303 e. The average molecular weight is 376 g/mol. The van der Waals surface area contributed by atoms with E-state index in [4.69, 9.17) is 9.84 Å². The van der Waals surface area contributed by atoms with Crippen molar-refractivity contribution >= 4 is 34.8 Å². The highest BCUT2D eigenvalue weighted by molar-refractivity contribution is 7.12. The van der Waals surface area contributed by atoms with Crippen LogP contribution in [0, 0.1) is 0 Å². The van der Waals surface area contributed by atoms with Crippen molar-refractivity contribution in [2.45, 2.75) is 25.8 Å². The highest BCUT2D eigenvalue weighted by atomic mass is 32.1. The van der Waals surface area contributed by atoms with Gasteiger partial charge in [0.15, 0.2) is 0 Å². The Morgan fingerprint density at radius 2 is 1.92 bits per heavy atom. The lowest BCUT2D eigenvalue weighted by Gasteiger charge is -2.14. The molecule has 1 aromatic carbocycles. The number of rotatable bonds is 9. The van der Waals surface area contributed by atoms with E-state index in [1.807, 2.05) is 0 Å². The molecular weight excluding hydrogens is 356 g/mol. The first kappa shape index (κ1) is 19.5. The van der Waals surface area contributed by atoms with Gasteiger partial charge in [0, 0.05) is 12.1 Å². The summed E-state index contributed by atoms with van der Waals surface area (Å²) in [7, 11) is 0. The van der Waals surface area contributed by atoms with Gasteiger partial charge in [0.2, 0.25) is 5.91 Å². The van der Waals surface area contributed by atoms with Crippen LogP contribution in [-0.2, 0) is 9.59 Å². The van der Waals surface area contributed by atoms with E-state index >= 15 is 0 Å². The van der Waals surface area contributed by atoms with Gasteiger partial charge in [-0.1, -0.05) is 6.07 Å². The molecule has 1 unspecified atom stereocenters. The molecule has 1 heterocycles. The number of nitrogens with one attached hydrogen (secondary N) is 2. The highest BCUT2D eigenvalue weighted by Gasteiger charge is 2.17. The van der Waals surface area contributed by atoms with Crippen molar-refractivity contribution in [3.63, 3.8) is 0 Å². The maximum absolute atomic E-state index is 12.2. The minimum Gasteiger partial charge on any atom is -0.494 e. The van der Waals surface area contributed by atoms with Gasteiger partial charge in [-0.15, -0.1) is 11.3 Å². The Bertz CT molecular complexity index is 743. The van der Waals surface area contributed by atoms with Crippen LogP contribution in [0.1, 0.15) is 29.4 Å². The number of carbonyl (C=O) groups is 3. The number of carboxylic acids is 1. The summed E-state index contributed by atoms with van der Waals surface area (Å²) < 4.78 is 5.43. The molecule has 138 valence electrons. The Hall–Kier alpha value is -2.87. The molecule has 0 saturated heterocycles. The monoisotopic (exact) mass is 376 g/mol. The van der Waals surface area contributed by atoms with Crippen LogP contribution in [0.4, 0.5) is 5.69 Å². The summed E-state index contributed by atoms with van der Waals surface area (Å²) in [5.41, 5.74) is 0.574. The molecule has 0 aliphatic rings. The maximum Gasteiger partial charge on any atom is 0.303 e. The van der Waals surface area contributed by atoms with Crippen LogP contribution in [0.3, 0.4) is 0 Å². The molecule has 0 radical (unpaired) electrons. The van der Waals surface area contributed by atoms with Crippen molar-refractivity contribution in [2.75, 3.05) is 11.9 Å². The summed E-state index contributed by atoms with van der Waals surface area (Å²) in [6, 6.07) is 9.51. The van der Waals surface area contributed by atoms with E-state index in [1.54, 1.807) is 48.7 Å². The molecule has 2 amide bonds. The van der Waals surface area contributed by atoms with Crippen LogP contribution in [0.5, 0.6) is 5.75 Å². The fraction of sp³-hybridized carbons (Fsp3) is 0.278. The maximum atomic E-state index is 12.2. The number of aliphatic carboxylic acids is 1. The fourth-order valence-corrected chi connectivity index (χ4v) is 2.67. The number of carboxylic acid groups (broad SMARTS) is 1. The Morgan fingerprint density at radius 3 is 2.54 bits per heavy atom. The van der Waals surface area contributed by atoms with E-state index in [2.05, 4.69) is 10.6 Å². The Balaban J connectivity index is 1.79. The molecule has 0 fully saturated rings. The number of ether oxygens (including phenoxy) is 1. The van der Waals surface area contributed by atoms with Gasteiger partial charge in [-0.3, -0.25) is 14.4 Å². The number of carbonyl (C=O) groups excluding carboxylic acids is 2. The second-order valence-electron chi connectivity index (χ2n) is 5.53. The second kappa shape index (κ2) is 9.57. The largest absolute Gasteiger partial charge is 0.494 e. The minimum absolute atomic E-state index is 0.0588. The Labute approximate surface area is 155 Å². The first-order valence-electron chi connectivity index (χ1n) is 8.05. The highest BCUT2D eigenvalue weighted by Crippen LogP contribution is 2.16. The fourth-order valence-electron chi connectivity index (χ4n) is 2.04. The molecule has 0 aliphatic heterocycles. The first-order chi connectivity index (χ1) is 12.5. The summed E-state index contributed by atoms with van der Waals surface area (Å²) in [5, 5.41) is 15.7. The molecule has 1 aromatic heterocycles. The predicted octanol–water partition coefficient (Wildman–Crippen LogP) is 2.75. The predicted molar refractivity (Wildman–Crippen MR) is 98.7 cm³/mol. The molecule has 0 aliphatic carbocycles. The first-order valence-corrected chi connectivity index (χ1v) is 8.93. The van der Waals surface area contributed by atoms with Gasteiger partial charge in [-0.05, 0) is 49.1 Å². The summed E-state index contributed by atoms with van der Waals surface area (Å²) in [6.07, 6.45) is 0.485. The zero-order valence-electron chi connectivity index (χ0n) is 14.2. The standard InChI is InChI=1S/C18H20N2O5S/c1-12(19-18(24)15-4-3-11-26-15)17(23)20-13-6-8-14(9-7-13)25-10-2-5-16(21)22/h3-4,6-9,11-12H,2,5,10H2,1H3,(H,19,24)(H,20,23)(H,21,22). The number of amides is 2. The van der Waals surface area contributed by atoms with Gasteiger partial charge in [0.1, 0.15) is 11.8 Å². The summed E-state index contributed by atoms with van der Waals surface area (Å²) in [4.78, 5) is 35.1. The van der Waals surface area contributed by atoms with Crippen molar-refractivity contribution in [1.82, 2.24) is 5.32 Å². The molecule has 1 atom stereocenters. The summed E-state index contributed by atoms with van der Waals surface area (Å²) in [5.74, 6) is -0.878. The van der Waals surface area contributed by atoms with Crippen LogP contribution in [-0.4, -0.2) is 35.5 Å². The van der Waals surface area contributed by atoms with Crippen molar-refractivity contribution in [2.24, 2.45) is 0 Å². The molecule has 8 heteroatoms. The lowest BCUT2D eigenvalue weighted by Crippen LogP contribution is -2.41. The zero-order valence-corrected chi connectivity index (χ0v) is 15.0. The average Bonchev–Trinajstić information content (AvgIpc) is 3.14. The van der Waals surface area contributed by atoms with Gasteiger partial charge < -0.3 is 20.5 Å². The molecule has 0 spiro atoms. The van der Waals surface area contributed by atoms with E-state index in [0.717, 1.165) is 0 Å². The molecule has 2 aromatic rings. The van der Waals surface area contributed by atoms with Gasteiger partial charge in [0.05, 0.1) is 11.5 Å². The Kier molecular flexibility index (Phi) is 7.16. The van der Waals surface area contributed by atoms with E-state index in [1.165, 1.54) is 11.3 Å². The summed E-state index contributed by atoms with van der Waals surface area (Å²) in [6.45, 7) is 1.92. The Morgan fingerprint density at radius 1 is 1.19 bits per heavy atom. The van der Waals surface area contributed by atoms with Crippen LogP contribution in [0.25, 0.3) is 0 Å². The molecule has 0 saturated carbocycles. The SMILES string of the molecule is CC(NC(=O)c1cccs1)C(=O)Nc1ccc(OCCCC(=O)O)cc1. The minimum atomic E-state index is -0.855. The number of hydrogen-bond donors (Lipinski definition) is 3. The van der Waals surface area contributed by atoms with Crippen molar-refractivity contribution < 1.29 is 24.2 Å². The second-order valence-corrected chi connectivity index (χ2v) is 6.48. The van der Waals surface area contributed by atoms with Gasteiger partial charge in [-0.2, -0.15) is 0 Å². The normalized spacial score (nSPS) is 11.4. The third-order valence-corrected chi connectivity index (χ3v) is 4.28. The van der Waals surface area contributed by atoms with E-state index in [-0.39, 0.29) is 18.2 Å². The quantitative estimate of drug-likeness (QED) is 0.584. The van der Waals surface area contributed by atoms with Gasteiger partial charge in [-0.25, -0.2) is 0 Å².